The Morgan fingerprint density at radius 2 is 2.33 bits per heavy atom. The molecule has 1 heterocycles. The Hall–Kier alpha value is -0.980. The highest BCUT2D eigenvalue weighted by atomic mass is 16.5. The average Bonchev–Trinajstić information content (AvgIpc) is 3.10. The maximum Gasteiger partial charge on any atom is 0.0962 e. The van der Waals surface area contributed by atoms with Gasteiger partial charge >= 0.3 is 0 Å². The van der Waals surface area contributed by atoms with Crippen LogP contribution < -0.4 is 11.1 Å². The summed E-state index contributed by atoms with van der Waals surface area (Å²) in [4.78, 5) is 0. The summed E-state index contributed by atoms with van der Waals surface area (Å²) < 4.78 is 7.38. The molecule has 0 aromatic carbocycles. The number of hydrogen-bond acceptors (Lipinski definition) is 5. The number of ether oxygens (including phenoxy) is 1. The number of hydrogen-bond donors (Lipinski definition) is 2. The summed E-state index contributed by atoms with van der Waals surface area (Å²) in [6.45, 7) is 4.99. The molecule has 3 N–H and O–H groups in total. The molecule has 102 valence electrons. The molecule has 1 aromatic rings. The maximum atomic E-state index is 5.56. The van der Waals surface area contributed by atoms with Crippen molar-refractivity contribution in [2.75, 3.05) is 26.3 Å². The summed E-state index contributed by atoms with van der Waals surface area (Å²) in [5, 5.41) is 11.3. The van der Waals surface area contributed by atoms with Crippen LogP contribution in [0.15, 0.2) is 6.20 Å². The number of nitrogens with one attached hydrogen (secondary N) is 1. The molecule has 18 heavy (non-hydrogen) atoms. The summed E-state index contributed by atoms with van der Waals surface area (Å²) in [7, 11) is 0. The number of nitrogens with zero attached hydrogens (tertiary/aromatic N) is 3. The zero-order chi connectivity index (χ0) is 12.6. The minimum Gasteiger partial charge on any atom is -0.381 e. The third-order valence-electron chi connectivity index (χ3n) is 3.01. The highest BCUT2D eigenvalue weighted by Crippen LogP contribution is 2.28. The van der Waals surface area contributed by atoms with Crippen molar-refractivity contribution in [3.05, 3.63) is 11.9 Å². The van der Waals surface area contributed by atoms with Gasteiger partial charge in [-0.1, -0.05) is 5.21 Å². The van der Waals surface area contributed by atoms with Gasteiger partial charge in [0.25, 0.3) is 0 Å². The molecule has 0 unspecified atom stereocenters. The van der Waals surface area contributed by atoms with Crippen molar-refractivity contribution in [1.29, 1.82) is 0 Å². The standard InChI is InChI=1S/C12H23N5O/c13-8-12-9-17(16-15-12)6-5-14-4-1-7-18-10-11-2-3-11/h9,11,14H,1-8,10,13H2. The van der Waals surface area contributed by atoms with E-state index in [4.69, 9.17) is 10.5 Å². The quantitative estimate of drug-likeness (QED) is 0.580. The molecular formula is C12H23N5O. The van der Waals surface area contributed by atoms with E-state index in [0.717, 1.165) is 50.9 Å². The predicted molar refractivity (Wildman–Crippen MR) is 68.9 cm³/mol. The number of rotatable bonds is 10. The number of aromatic nitrogens is 3. The fraction of sp³-hybridized carbons (Fsp3) is 0.833. The van der Waals surface area contributed by atoms with Gasteiger partial charge in [0.05, 0.1) is 12.2 Å². The SMILES string of the molecule is NCc1cn(CCNCCCOCC2CC2)nn1. The largest absolute Gasteiger partial charge is 0.381 e. The van der Waals surface area contributed by atoms with Gasteiger partial charge in [0, 0.05) is 32.5 Å². The average molecular weight is 253 g/mol. The molecule has 0 atom stereocenters. The van der Waals surface area contributed by atoms with Crippen LogP contribution >= 0.6 is 0 Å². The van der Waals surface area contributed by atoms with E-state index in [1.165, 1.54) is 12.8 Å². The van der Waals surface area contributed by atoms with Crippen LogP contribution in [0.5, 0.6) is 0 Å². The first-order valence-electron chi connectivity index (χ1n) is 6.76. The van der Waals surface area contributed by atoms with E-state index in [0.29, 0.717) is 6.54 Å². The van der Waals surface area contributed by atoms with Crippen molar-refractivity contribution in [1.82, 2.24) is 20.3 Å². The lowest BCUT2D eigenvalue weighted by atomic mass is 10.4. The Labute approximate surface area is 108 Å². The zero-order valence-corrected chi connectivity index (χ0v) is 10.8. The van der Waals surface area contributed by atoms with Gasteiger partial charge in [0.1, 0.15) is 0 Å². The van der Waals surface area contributed by atoms with Gasteiger partial charge < -0.3 is 15.8 Å². The number of nitrogens with two attached hydrogens (primary N) is 1. The summed E-state index contributed by atoms with van der Waals surface area (Å²) in [5.74, 6) is 0.863. The summed E-state index contributed by atoms with van der Waals surface area (Å²) in [6, 6.07) is 0. The van der Waals surface area contributed by atoms with Crippen molar-refractivity contribution in [2.24, 2.45) is 11.7 Å². The first-order valence-corrected chi connectivity index (χ1v) is 6.76. The van der Waals surface area contributed by atoms with E-state index in [2.05, 4.69) is 15.6 Å². The van der Waals surface area contributed by atoms with E-state index in [1.54, 1.807) is 0 Å². The molecule has 1 aromatic heterocycles. The second-order valence-electron chi connectivity index (χ2n) is 4.80. The van der Waals surface area contributed by atoms with Crippen LogP contribution in [0, 0.1) is 5.92 Å². The van der Waals surface area contributed by atoms with Gasteiger partial charge in [-0.2, -0.15) is 0 Å². The van der Waals surface area contributed by atoms with Crippen molar-refractivity contribution >= 4 is 0 Å². The van der Waals surface area contributed by atoms with Gasteiger partial charge in [-0.3, -0.25) is 4.68 Å². The normalized spacial score (nSPS) is 15.2. The molecule has 0 saturated heterocycles. The molecule has 6 heteroatoms. The molecular weight excluding hydrogens is 230 g/mol. The minimum absolute atomic E-state index is 0.450. The lowest BCUT2D eigenvalue weighted by Crippen LogP contribution is -2.22. The molecule has 1 saturated carbocycles. The van der Waals surface area contributed by atoms with Gasteiger partial charge in [0.2, 0.25) is 0 Å². The zero-order valence-electron chi connectivity index (χ0n) is 10.8. The molecule has 0 amide bonds. The van der Waals surface area contributed by atoms with Crippen LogP contribution in [0.3, 0.4) is 0 Å². The van der Waals surface area contributed by atoms with Crippen molar-refractivity contribution < 1.29 is 4.74 Å². The van der Waals surface area contributed by atoms with E-state index in [1.807, 2.05) is 10.9 Å². The topological polar surface area (TPSA) is 78.0 Å². The molecule has 1 fully saturated rings. The Morgan fingerprint density at radius 1 is 1.44 bits per heavy atom. The monoisotopic (exact) mass is 253 g/mol. The third-order valence-corrected chi connectivity index (χ3v) is 3.01. The summed E-state index contributed by atoms with van der Waals surface area (Å²) >= 11 is 0. The highest BCUT2D eigenvalue weighted by Gasteiger charge is 2.20. The first kappa shape index (κ1) is 13.5. The Morgan fingerprint density at radius 3 is 3.06 bits per heavy atom. The van der Waals surface area contributed by atoms with Gasteiger partial charge in [-0.15, -0.1) is 5.10 Å². The molecule has 0 aliphatic heterocycles. The van der Waals surface area contributed by atoms with Crippen molar-refractivity contribution in [2.45, 2.75) is 32.4 Å². The first-order chi connectivity index (χ1) is 8.88. The van der Waals surface area contributed by atoms with Gasteiger partial charge in [0.15, 0.2) is 0 Å². The Balaban J connectivity index is 1.40. The van der Waals surface area contributed by atoms with Gasteiger partial charge in [-0.05, 0) is 31.7 Å². The van der Waals surface area contributed by atoms with E-state index >= 15 is 0 Å². The second-order valence-corrected chi connectivity index (χ2v) is 4.80. The fourth-order valence-electron chi connectivity index (χ4n) is 1.69. The van der Waals surface area contributed by atoms with E-state index < -0.39 is 0 Å². The molecule has 1 aliphatic rings. The van der Waals surface area contributed by atoms with E-state index in [-0.39, 0.29) is 0 Å². The summed E-state index contributed by atoms with van der Waals surface area (Å²) in [5.41, 5.74) is 6.30. The Kier molecular flexibility index (Phi) is 5.57. The van der Waals surface area contributed by atoms with Crippen LogP contribution in [0.2, 0.25) is 0 Å². The smallest absolute Gasteiger partial charge is 0.0962 e. The second kappa shape index (κ2) is 7.45. The molecule has 0 spiro atoms. The van der Waals surface area contributed by atoms with Crippen molar-refractivity contribution in [3.63, 3.8) is 0 Å². The molecule has 0 bridgehead atoms. The predicted octanol–water partition coefficient (Wildman–Crippen LogP) is 0.143. The van der Waals surface area contributed by atoms with Crippen LogP contribution in [0.1, 0.15) is 25.0 Å². The lowest BCUT2D eigenvalue weighted by Gasteiger charge is -2.05. The fourth-order valence-corrected chi connectivity index (χ4v) is 1.69. The Bertz CT molecular complexity index is 337. The third kappa shape index (κ3) is 5.12. The van der Waals surface area contributed by atoms with Crippen LogP contribution in [-0.4, -0.2) is 41.3 Å². The molecule has 1 aliphatic carbocycles. The summed E-state index contributed by atoms with van der Waals surface area (Å²) in [6.07, 6.45) is 5.68. The van der Waals surface area contributed by atoms with Crippen LogP contribution in [0.25, 0.3) is 0 Å². The lowest BCUT2D eigenvalue weighted by molar-refractivity contribution is 0.122. The van der Waals surface area contributed by atoms with Crippen LogP contribution in [-0.2, 0) is 17.8 Å². The van der Waals surface area contributed by atoms with Crippen molar-refractivity contribution in [3.8, 4) is 0 Å². The molecule has 6 nitrogen and oxygen atoms in total. The highest BCUT2D eigenvalue weighted by molar-refractivity contribution is 4.90. The van der Waals surface area contributed by atoms with Gasteiger partial charge in [-0.25, -0.2) is 0 Å². The maximum absolute atomic E-state index is 5.56. The molecule has 2 rings (SSSR count). The van der Waals surface area contributed by atoms with E-state index in [9.17, 15) is 0 Å². The van der Waals surface area contributed by atoms with Crippen LogP contribution in [0.4, 0.5) is 0 Å². The minimum atomic E-state index is 0.450. The molecule has 0 radical (unpaired) electrons.